The van der Waals surface area contributed by atoms with Gasteiger partial charge in [0.25, 0.3) is 0 Å². The van der Waals surface area contributed by atoms with Gasteiger partial charge in [-0.1, -0.05) is 50.6 Å². The van der Waals surface area contributed by atoms with E-state index in [1.807, 2.05) is 0 Å². The standard InChI is InChI=1S/C15H24/c1-7-15(6)9-8-13(11(2)3)10-14(15)12(4)5/h7,10-11,14H,1,4,8-9H2,2-3,5-6H3/t14-,15+/m0/s1. The first kappa shape index (κ1) is 12.3. The second-order valence-corrected chi connectivity index (χ2v) is 5.43. The van der Waals surface area contributed by atoms with E-state index in [0.717, 1.165) is 0 Å². The van der Waals surface area contributed by atoms with Gasteiger partial charge >= 0.3 is 0 Å². The van der Waals surface area contributed by atoms with Crippen LogP contribution in [0, 0.1) is 17.3 Å². The van der Waals surface area contributed by atoms with E-state index in [1.165, 1.54) is 18.4 Å². The summed E-state index contributed by atoms with van der Waals surface area (Å²) in [6, 6.07) is 0. The maximum absolute atomic E-state index is 4.12. The van der Waals surface area contributed by atoms with Crippen LogP contribution in [0.15, 0.2) is 36.5 Å². The van der Waals surface area contributed by atoms with E-state index in [1.54, 1.807) is 5.57 Å². The van der Waals surface area contributed by atoms with E-state index in [9.17, 15) is 0 Å². The van der Waals surface area contributed by atoms with Gasteiger partial charge < -0.3 is 0 Å². The second kappa shape index (κ2) is 4.38. The number of allylic oxidation sites excluding steroid dienone is 4. The number of hydrogen-bond acceptors (Lipinski definition) is 0. The van der Waals surface area contributed by atoms with Crippen LogP contribution >= 0.6 is 0 Å². The molecule has 0 heteroatoms. The van der Waals surface area contributed by atoms with Gasteiger partial charge in [0.1, 0.15) is 0 Å². The summed E-state index contributed by atoms with van der Waals surface area (Å²) in [6.07, 6.45) is 6.96. The largest absolute Gasteiger partial charge is 0.102 e. The Hall–Kier alpha value is -0.780. The van der Waals surface area contributed by atoms with Crippen LogP contribution in [0.3, 0.4) is 0 Å². The Morgan fingerprint density at radius 3 is 2.60 bits per heavy atom. The zero-order valence-corrected chi connectivity index (χ0v) is 10.6. The lowest BCUT2D eigenvalue weighted by molar-refractivity contribution is 0.294. The van der Waals surface area contributed by atoms with Gasteiger partial charge in [0.2, 0.25) is 0 Å². The van der Waals surface area contributed by atoms with Gasteiger partial charge in [0, 0.05) is 5.92 Å². The average Bonchev–Trinajstić information content (AvgIpc) is 2.17. The van der Waals surface area contributed by atoms with Crippen LogP contribution in [0.25, 0.3) is 0 Å². The molecular weight excluding hydrogens is 180 g/mol. The summed E-state index contributed by atoms with van der Waals surface area (Å²) in [5.41, 5.74) is 3.06. The Bertz CT molecular complexity index is 293. The molecule has 0 radical (unpaired) electrons. The van der Waals surface area contributed by atoms with E-state index in [0.29, 0.717) is 11.8 Å². The summed E-state index contributed by atoms with van der Waals surface area (Å²) < 4.78 is 0. The van der Waals surface area contributed by atoms with Crippen molar-refractivity contribution in [2.75, 3.05) is 0 Å². The molecule has 0 unspecified atom stereocenters. The van der Waals surface area contributed by atoms with Crippen molar-refractivity contribution in [1.29, 1.82) is 0 Å². The lowest BCUT2D eigenvalue weighted by Crippen LogP contribution is -2.28. The molecule has 1 rings (SSSR count). The fourth-order valence-electron chi connectivity index (χ4n) is 2.47. The fraction of sp³-hybridized carbons (Fsp3) is 0.600. The van der Waals surface area contributed by atoms with Crippen LogP contribution in [-0.4, -0.2) is 0 Å². The van der Waals surface area contributed by atoms with Crippen molar-refractivity contribution >= 4 is 0 Å². The van der Waals surface area contributed by atoms with Gasteiger partial charge in [-0.15, -0.1) is 6.58 Å². The summed E-state index contributed by atoms with van der Waals surface area (Å²) >= 11 is 0. The molecule has 2 atom stereocenters. The van der Waals surface area contributed by atoms with Crippen LogP contribution in [0.1, 0.15) is 40.5 Å². The summed E-state index contributed by atoms with van der Waals surface area (Å²) in [6.45, 7) is 17.1. The molecule has 0 aromatic heterocycles. The molecule has 84 valence electrons. The third kappa shape index (κ3) is 2.42. The molecule has 15 heavy (non-hydrogen) atoms. The van der Waals surface area contributed by atoms with Gasteiger partial charge in [0.15, 0.2) is 0 Å². The highest BCUT2D eigenvalue weighted by molar-refractivity contribution is 5.25. The molecular formula is C15H24. The molecule has 0 bridgehead atoms. The average molecular weight is 204 g/mol. The molecule has 0 aromatic rings. The zero-order valence-electron chi connectivity index (χ0n) is 10.6. The molecule has 0 fully saturated rings. The molecule has 0 amide bonds. The Kier molecular flexibility index (Phi) is 3.59. The highest BCUT2D eigenvalue weighted by atomic mass is 14.4. The van der Waals surface area contributed by atoms with Crippen LogP contribution in [-0.2, 0) is 0 Å². The molecule has 0 nitrogen and oxygen atoms in total. The zero-order chi connectivity index (χ0) is 11.6. The van der Waals surface area contributed by atoms with Crippen molar-refractivity contribution in [2.24, 2.45) is 17.3 Å². The maximum Gasteiger partial charge on any atom is 0.00625 e. The van der Waals surface area contributed by atoms with Gasteiger partial charge in [0.05, 0.1) is 0 Å². The molecule has 0 spiro atoms. The Morgan fingerprint density at radius 1 is 1.60 bits per heavy atom. The summed E-state index contributed by atoms with van der Waals surface area (Å²) in [4.78, 5) is 0. The van der Waals surface area contributed by atoms with E-state index in [-0.39, 0.29) is 5.41 Å². The quantitative estimate of drug-likeness (QED) is 0.582. The molecule has 0 aliphatic heterocycles. The smallest absolute Gasteiger partial charge is 0.00625 e. The van der Waals surface area contributed by atoms with E-state index >= 15 is 0 Å². The molecule has 0 aromatic carbocycles. The first-order chi connectivity index (χ1) is 6.90. The maximum atomic E-state index is 4.12. The monoisotopic (exact) mass is 204 g/mol. The van der Waals surface area contributed by atoms with Crippen molar-refractivity contribution in [2.45, 2.75) is 40.5 Å². The third-order valence-corrected chi connectivity index (χ3v) is 3.78. The third-order valence-electron chi connectivity index (χ3n) is 3.78. The fourth-order valence-corrected chi connectivity index (χ4v) is 2.47. The first-order valence-electron chi connectivity index (χ1n) is 5.90. The van der Waals surface area contributed by atoms with Crippen LogP contribution in [0.2, 0.25) is 0 Å². The Balaban J connectivity index is 3.04. The van der Waals surface area contributed by atoms with Crippen LogP contribution in [0.5, 0.6) is 0 Å². The van der Waals surface area contributed by atoms with Crippen molar-refractivity contribution in [3.63, 3.8) is 0 Å². The Morgan fingerprint density at radius 2 is 2.20 bits per heavy atom. The van der Waals surface area contributed by atoms with Gasteiger partial charge in [-0.2, -0.15) is 0 Å². The molecule has 0 heterocycles. The minimum Gasteiger partial charge on any atom is -0.102 e. The topological polar surface area (TPSA) is 0 Å². The predicted octanol–water partition coefficient (Wildman–Crippen LogP) is 4.75. The second-order valence-electron chi connectivity index (χ2n) is 5.43. The van der Waals surface area contributed by atoms with Crippen molar-refractivity contribution in [3.8, 4) is 0 Å². The normalized spacial score (nSPS) is 31.3. The highest BCUT2D eigenvalue weighted by Crippen LogP contribution is 2.45. The molecule has 1 aliphatic carbocycles. The van der Waals surface area contributed by atoms with E-state index < -0.39 is 0 Å². The lowest BCUT2D eigenvalue weighted by atomic mass is 9.65. The van der Waals surface area contributed by atoms with Crippen LogP contribution in [0.4, 0.5) is 0 Å². The minimum atomic E-state index is 0.213. The molecule has 0 N–H and O–H groups in total. The van der Waals surface area contributed by atoms with Crippen LogP contribution < -0.4 is 0 Å². The predicted molar refractivity (Wildman–Crippen MR) is 68.8 cm³/mol. The minimum absolute atomic E-state index is 0.213. The van der Waals surface area contributed by atoms with Crippen molar-refractivity contribution < 1.29 is 0 Å². The van der Waals surface area contributed by atoms with E-state index in [4.69, 9.17) is 0 Å². The summed E-state index contributed by atoms with van der Waals surface area (Å²) in [5.74, 6) is 1.14. The molecule has 0 saturated heterocycles. The SMILES string of the molecule is C=C[C@]1(C)CCC(C(C)C)=C[C@H]1C(=C)C. The summed E-state index contributed by atoms with van der Waals surface area (Å²) in [5, 5.41) is 0. The molecule has 1 aliphatic rings. The number of hydrogen-bond donors (Lipinski definition) is 0. The lowest BCUT2D eigenvalue weighted by Gasteiger charge is -2.39. The Labute approximate surface area is 94.8 Å². The van der Waals surface area contributed by atoms with E-state index in [2.05, 4.69) is 53.0 Å². The van der Waals surface area contributed by atoms with Gasteiger partial charge in [-0.05, 0) is 31.1 Å². The van der Waals surface area contributed by atoms with Crippen molar-refractivity contribution in [3.05, 3.63) is 36.5 Å². The van der Waals surface area contributed by atoms with Gasteiger partial charge in [-0.3, -0.25) is 0 Å². The molecule has 0 saturated carbocycles. The summed E-state index contributed by atoms with van der Waals surface area (Å²) in [7, 11) is 0. The number of rotatable bonds is 3. The van der Waals surface area contributed by atoms with Gasteiger partial charge in [-0.25, -0.2) is 0 Å². The van der Waals surface area contributed by atoms with Crippen molar-refractivity contribution in [1.82, 2.24) is 0 Å². The highest BCUT2D eigenvalue weighted by Gasteiger charge is 2.34. The first-order valence-corrected chi connectivity index (χ1v) is 5.90.